The van der Waals surface area contributed by atoms with Crippen LogP contribution in [0.4, 0.5) is 0 Å². The lowest BCUT2D eigenvalue weighted by Crippen LogP contribution is -2.32. The molecule has 0 amide bonds. The quantitative estimate of drug-likeness (QED) is 0.628. The molecule has 1 unspecified atom stereocenters. The number of esters is 1. The van der Waals surface area contributed by atoms with Gasteiger partial charge in [-0.15, -0.1) is 11.3 Å². The van der Waals surface area contributed by atoms with E-state index < -0.39 is 0 Å². The van der Waals surface area contributed by atoms with Crippen molar-refractivity contribution < 1.29 is 18.7 Å². The second-order valence-electron chi connectivity index (χ2n) is 6.32. The Morgan fingerprint density at radius 3 is 3.08 bits per heavy atom. The highest BCUT2D eigenvalue weighted by Gasteiger charge is 2.24. The van der Waals surface area contributed by atoms with Crippen LogP contribution in [0.5, 0.6) is 5.75 Å². The van der Waals surface area contributed by atoms with Crippen LogP contribution in [0.3, 0.4) is 0 Å². The van der Waals surface area contributed by atoms with Crippen LogP contribution in [-0.4, -0.2) is 25.2 Å². The van der Waals surface area contributed by atoms with Gasteiger partial charge >= 0.3 is 5.97 Å². The summed E-state index contributed by atoms with van der Waals surface area (Å²) in [6.07, 6.45) is 3.94. The molecule has 4 rings (SSSR count). The van der Waals surface area contributed by atoms with E-state index in [2.05, 4.69) is 5.32 Å². The van der Waals surface area contributed by atoms with E-state index in [0.717, 1.165) is 35.2 Å². The van der Waals surface area contributed by atoms with Gasteiger partial charge in [0.15, 0.2) is 11.3 Å². The third kappa shape index (κ3) is 3.76. The second-order valence-corrected chi connectivity index (χ2v) is 7.30. The minimum atomic E-state index is -0.185. The summed E-state index contributed by atoms with van der Waals surface area (Å²) >= 11 is 1.63. The molecular weight excluding hydrogens is 350 g/mol. The molecule has 0 saturated carbocycles. The van der Waals surface area contributed by atoms with Gasteiger partial charge in [0.05, 0.1) is 12.9 Å². The third-order valence-electron chi connectivity index (χ3n) is 4.54. The van der Waals surface area contributed by atoms with Gasteiger partial charge in [-0.25, -0.2) is 0 Å². The summed E-state index contributed by atoms with van der Waals surface area (Å²) in [7, 11) is 0. The number of thiophene rings is 1. The molecular formula is C20H21NO4S. The summed E-state index contributed by atoms with van der Waals surface area (Å²) < 4.78 is 17.3. The highest BCUT2D eigenvalue weighted by atomic mass is 32.1. The van der Waals surface area contributed by atoms with E-state index >= 15 is 0 Å². The van der Waals surface area contributed by atoms with Gasteiger partial charge in [0.25, 0.3) is 0 Å². The van der Waals surface area contributed by atoms with Gasteiger partial charge in [0, 0.05) is 16.7 Å². The monoisotopic (exact) mass is 371 g/mol. The van der Waals surface area contributed by atoms with Crippen molar-refractivity contribution in [2.75, 3.05) is 13.2 Å². The standard InChI is InChI=1S/C20H21NO4S/c22-20(15-5-2-10-21-15)24-12-9-16(18-7-3-13-26-18)25-17-6-1-4-14-8-11-23-19(14)17/h1,3-4,6-8,11,13,15-16,21H,2,5,9-10,12H2/t15-,16?/m0/s1. The van der Waals surface area contributed by atoms with Crippen LogP contribution in [0.2, 0.25) is 0 Å². The van der Waals surface area contributed by atoms with Crippen molar-refractivity contribution in [3.05, 3.63) is 52.9 Å². The molecule has 3 aromatic rings. The minimum Gasteiger partial charge on any atom is -0.481 e. The maximum atomic E-state index is 12.1. The number of benzene rings is 1. The minimum absolute atomic E-state index is 0.159. The highest BCUT2D eigenvalue weighted by Crippen LogP contribution is 2.33. The highest BCUT2D eigenvalue weighted by molar-refractivity contribution is 7.10. The van der Waals surface area contributed by atoms with Crippen molar-refractivity contribution in [1.82, 2.24) is 5.32 Å². The summed E-state index contributed by atoms with van der Waals surface area (Å²) in [5, 5.41) is 6.19. The van der Waals surface area contributed by atoms with E-state index in [1.165, 1.54) is 0 Å². The van der Waals surface area contributed by atoms with Crippen LogP contribution in [0.15, 0.2) is 52.5 Å². The second kappa shape index (κ2) is 7.93. The maximum absolute atomic E-state index is 12.1. The van der Waals surface area contributed by atoms with Crippen LogP contribution in [0, 0.1) is 0 Å². The van der Waals surface area contributed by atoms with Gasteiger partial charge in [-0.1, -0.05) is 18.2 Å². The van der Waals surface area contributed by atoms with E-state index in [0.29, 0.717) is 18.8 Å². The molecule has 5 nitrogen and oxygen atoms in total. The van der Waals surface area contributed by atoms with E-state index in [1.54, 1.807) is 17.6 Å². The van der Waals surface area contributed by atoms with Gasteiger partial charge in [0.2, 0.25) is 0 Å². The van der Waals surface area contributed by atoms with Gasteiger partial charge in [-0.05, 0) is 43.0 Å². The third-order valence-corrected chi connectivity index (χ3v) is 5.51. The van der Waals surface area contributed by atoms with E-state index in [1.807, 2.05) is 41.8 Å². The Labute approximate surface area is 155 Å². The summed E-state index contributed by atoms with van der Waals surface area (Å²) in [6.45, 7) is 1.21. The Morgan fingerprint density at radius 2 is 2.27 bits per heavy atom. The molecule has 3 heterocycles. The van der Waals surface area contributed by atoms with E-state index in [4.69, 9.17) is 13.9 Å². The molecule has 0 radical (unpaired) electrons. The Hall–Kier alpha value is -2.31. The number of furan rings is 1. The van der Waals surface area contributed by atoms with Crippen molar-refractivity contribution >= 4 is 28.3 Å². The topological polar surface area (TPSA) is 60.7 Å². The number of carbonyl (C=O) groups is 1. The molecule has 0 bridgehead atoms. The smallest absolute Gasteiger partial charge is 0.323 e. The molecule has 2 atom stereocenters. The number of para-hydroxylation sites is 1. The van der Waals surface area contributed by atoms with Crippen molar-refractivity contribution in [3.8, 4) is 5.75 Å². The fourth-order valence-electron chi connectivity index (χ4n) is 3.20. The van der Waals surface area contributed by atoms with Crippen LogP contribution in [0.1, 0.15) is 30.2 Å². The largest absolute Gasteiger partial charge is 0.481 e. The zero-order chi connectivity index (χ0) is 17.8. The molecule has 1 fully saturated rings. The molecule has 26 heavy (non-hydrogen) atoms. The average molecular weight is 371 g/mol. The average Bonchev–Trinajstić information content (AvgIpc) is 3.43. The van der Waals surface area contributed by atoms with Crippen molar-refractivity contribution in [3.63, 3.8) is 0 Å². The van der Waals surface area contributed by atoms with Crippen molar-refractivity contribution in [2.45, 2.75) is 31.4 Å². The molecule has 1 saturated heterocycles. The van der Waals surface area contributed by atoms with Gasteiger partial charge < -0.3 is 19.2 Å². The molecule has 0 spiro atoms. The SMILES string of the molecule is O=C(OCCC(Oc1cccc2ccoc12)c1cccs1)[C@@H]1CCCN1. The number of ether oxygens (including phenoxy) is 2. The van der Waals surface area contributed by atoms with E-state index in [9.17, 15) is 4.79 Å². The van der Waals surface area contributed by atoms with Crippen LogP contribution in [0.25, 0.3) is 11.0 Å². The van der Waals surface area contributed by atoms with Crippen molar-refractivity contribution in [2.24, 2.45) is 0 Å². The summed E-state index contributed by atoms with van der Waals surface area (Å²) in [6, 6.07) is 11.6. The zero-order valence-electron chi connectivity index (χ0n) is 14.4. The van der Waals surface area contributed by atoms with Gasteiger partial charge in [0.1, 0.15) is 12.1 Å². The molecule has 1 aromatic carbocycles. The molecule has 136 valence electrons. The number of hydrogen-bond acceptors (Lipinski definition) is 6. The first-order valence-electron chi connectivity index (χ1n) is 8.87. The normalized spacial score (nSPS) is 18.1. The first-order valence-corrected chi connectivity index (χ1v) is 9.75. The van der Waals surface area contributed by atoms with Crippen LogP contribution >= 0.6 is 11.3 Å². The first kappa shape index (κ1) is 17.1. The number of fused-ring (bicyclic) bond motifs is 1. The predicted octanol–water partition coefficient (Wildman–Crippen LogP) is 4.30. The molecule has 6 heteroatoms. The lowest BCUT2D eigenvalue weighted by atomic mass is 10.2. The first-order chi connectivity index (χ1) is 12.8. The summed E-state index contributed by atoms with van der Waals surface area (Å²) in [4.78, 5) is 13.2. The van der Waals surface area contributed by atoms with Crippen molar-refractivity contribution in [1.29, 1.82) is 0 Å². The molecule has 1 aliphatic heterocycles. The Bertz CT molecular complexity index is 852. The number of carbonyl (C=O) groups excluding carboxylic acids is 1. The molecule has 1 N–H and O–H groups in total. The van der Waals surface area contributed by atoms with E-state index in [-0.39, 0.29) is 18.1 Å². The number of nitrogens with one attached hydrogen (secondary N) is 1. The summed E-state index contributed by atoms with van der Waals surface area (Å²) in [5.74, 6) is 0.537. The molecule has 2 aromatic heterocycles. The van der Waals surface area contributed by atoms with Gasteiger partial charge in [-0.3, -0.25) is 4.79 Å². The lowest BCUT2D eigenvalue weighted by molar-refractivity contribution is -0.146. The Kier molecular flexibility index (Phi) is 5.22. The zero-order valence-corrected chi connectivity index (χ0v) is 15.2. The Balaban J connectivity index is 1.43. The number of rotatable bonds is 7. The lowest BCUT2D eigenvalue weighted by Gasteiger charge is -2.19. The number of hydrogen-bond donors (Lipinski definition) is 1. The summed E-state index contributed by atoms with van der Waals surface area (Å²) in [5.41, 5.74) is 0.737. The van der Waals surface area contributed by atoms with Crippen LogP contribution in [-0.2, 0) is 9.53 Å². The van der Waals surface area contributed by atoms with Crippen LogP contribution < -0.4 is 10.1 Å². The Morgan fingerprint density at radius 1 is 1.31 bits per heavy atom. The maximum Gasteiger partial charge on any atom is 0.323 e. The molecule has 1 aliphatic rings. The predicted molar refractivity (Wildman–Crippen MR) is 101 cm³/mol. The van der Waals surface area contributed by atoms with Gasteiger partial charge in [-0.2, -0.15) is 0 Å². The fourth-order valence-corrected chi connectivity index (χ4v) is 3.99. The molecule has 0 aliphatic carbocycles. The fraction of sp³-hybridized carbons (Fsp3) is 0.350.